The minimum Gasteiger partial charge on any atom is -0.455 e. The van der Waals surface area contributed by atoms with Crippen molar-refractivity contribution in [3.05, 3.63) is 61.2 Å². The van der Waals surface area contributed by atoms with Gasteiger partial charge in [-0.3, -0.25) is 19.2 Å². The lowest BCUT2D eigenvalue weighted by atomic mass is 9.70. The highest BCUT2D eigenvalue weighted by Gasteiger charge is 2.77. The number of carbonyl (C=O) groups excluding carboxylic acids is 4. The number of fused-ring (bicyclic) bond motifs is 1. The van der Waals surface area contributed by atoms with Gasteiger partial charge in [-0.25, -0.2) is 0 Å². The first-order valence-corrected chi connectivity index (χ1v) is 18.6. The fourth-order valence-electron chi connectivity index (χ4n) is 8.61. The molecule has 2 bridgehead atoms. The largest absolute Gasteiger partial charge is 0.455 e. The summed E-state index contributed by atoms with van der Waals surface area (Å²) in [7, 11) is 1.69. The third-order valence-electron chi connectivity index (χ3n) is 10.6. The van der Waals surface area contributed by atoms with Gasteiger partial charge in [0, 0.05) is 30.4 Å². The average Bonchev–Trinajstić information content (AvgIpc) is 3.65. The second-order valence-corrected chi connectivity index (χ2v) is 17.2. The lowest BCUT2D eigenvalue weighted by molar-refractivity contribution is -0.165. The van der Waals surface area contributed by atoms with E-state index in [4.69, 9.17) is 9.47 Å². The molecule has 1 spiro atoms. The quantitative estimate of drug-likeness (QED) is 0.144. The number of halogens is 1. The molecule has 1 N–H and O–H groups in total. The maximum Gasteiger partial charge on any atom is 0.313 e. The van der Waals surface area contributed by atoms with E-state index in [0.717, 1.165) is 0 Å². The van der Waals surface area contributed by atoms with Crippen molar-refractivity contribution in [1.29, 1.82) is 0 Å². The Morgan fingerprint density at radius 2 is 1.78 bits per heavy atom. The summed E-state index contributed by atoms with van der Waals surface area (Å²) in [4.78, 5) is 61.6. The number of nitrogens with zero attached hydrogens (tertiary/aromatic N) is 3. The summed E-state index contributed by atoms with van der Waals surface area (Å²) in [5.74, 6) is -3.50. The van der Waals surface area contributed by atoms with Crippen molar-refractivity contribution in [3.63, 3.8) is 0 Å². The standard InChI is InChI=1S/C39H56BrN3O7/c1-11-13-19-28(45)41(10)25(4)31(26-17-15-14-16-18-26)49-36(48)29-30-34(46)43(24(3)22-44)33(39(30)21-27(40)32(29)50-39)35(47)42(20-12-2)38(8,9)23-37(5,6)7/h11-12,14-18,24-25,27,29-33,44H,1-2,13,19-23H2,3-10H3/t24-,25+,27?,29-,30+,31-,32-,33-,39+/m1/s1. The molecule has 276 valence electrons. The predicted molar refractivity (Wildman–Crippen MR) is 196 cm³/mol. The highest BCUT2D eigenvalue weighted by molar-refractivity contribution is 9.09. The van der Waals surface area contributed by atoms with Crippen LogP contribution in [0, 0.1) is 17.3 Å². The maximum absolute atomic E-state index is 15.0. The van der Waals surface area contributed by atoms with E-state index in [-0.39, 0.29) is 41.6 Å². The van der Waals surface area contributed by atoms with Crippen molar-refractivity contribution < 1.29 is 33.8 Å². The topological polar surface area (TPSA) is 117 Å². The number of ether oxygens (including phenoxy) is 2. The van der Waals surface area contributed by atoms with Crippen molar-refractivity contribution in [3.8, 4) is 0 Å². The molecule has 0 aromatic heterocycles. The molecule has 11 heteroatoms. The number of esters is 1. The molecule has 3 saturated heterocycles. The number of aliphatic hydroxyl groups is 1. The van der Waals surface area contributed by atoms with Crippen molar-refractivity contribution in [2.75, 3.05) is 20.2 Å². The molecule has 1 aromatic rings. The Labute approximate surface area is 306 Å². The van der Waals surface area contributed by atoms with E-state index in [2.05, 4.69) is 49.9 Å². The van der Waals surface area contributed by atoms with Gasteiger partial charge in [0.1, 0.15) is 17.7 Å². The smallest absolute Gasteiger partial charge is 0.313 e. The number of hydrogen-bond donors (Lipinski definition) is 1. The minimum atomic E-state index is -1.33. The van der Waals surface area contributed by atoms with E-state index in [1.807, 2.05) is 51.1 Å². The maximum atomic E-state index is 15.0. The fourth-order valence-corrected chi connectivity index (χ4v) is 9.55. The van der Waals surface area contributed by atoms with Gasteiger partial charge in [-0.1, -0.05) is 79.2 Å². The number of amides is 3. The van der Waals surface area contributed by atoms with Crippen molar-refractivity contribution in [2.24, 2.45) is 17.3 Å². The monoisotopic (exact) mass is 757 g/mol. The van der Waals surface area contributed by atoms with Crippen LogP contribution >= 0.6 is 15.9 Å². The Morgan fingerprint density at radius 1 is 1.14 bits per heavy atom. The van der Waals surface area contributed by atoms with Crippen LogP contribution in [0.1, 0.15) is 85.8 Å². The molecule has 3 aliphatic heterocycles. The Hall–Kier alpha value is -3.02. The van der Waals surface area contributed by atoms with Crippen LogP contribution in [0.5, 0.6) is 0 Å². The molecule has 9 atom stereocenters. The van der Waals surface area contributed by atoms with Crippen LogP contribution in [-0.4, -0.2) is 104 Å². The first-order chi connectivity index (χ1) is 23.4. The van der Waals surface area contributed by atoms with E-state index >= 15 is 0 Å². The van der Waals surface area contributed by atoms with Gasteiger partial charge in [-0.15, -0.1) is 13.2 Å². The highest BCUT2D eigenvalue weighted by atomic mass is 79.9. The van der Waals surface area contributed by atoms with Crippen LogP contribution in [0.25, 0.3) is 0 Å². The molecule has 0 aliphatic carbocycles. The van der Waals surface area contributed by atoms with Crippen LogP contribution < -0.4 is 0 Å². The van der Waals surface area contributed by atoms with Gasteiger partial charge in [-0.05, 0) is 57.9 Å². The summed E-state index contributed by atoms with van der Waals surface area (Å²) in [5, 5.41) is 10.4. The SMILES string of the molecule is C=CCCC(=O)N(C)[C@@H](C)[C@@H](OC(=O)[C@H]1[C@@H]2O[C@@]3(CC2Br)[C@@H]1C(=O)N([C@H](C)CO)[C@@H]3C(=O)N(CC=C)C(C)(C)CC(C)(C)C)c1ccccc1. The van der Waals surface area contributed by atoms with E-state index in [1.165, 1.54) is 4.90 Å². The Kier molecular flexibility index (Phi) is 12.2. The number of rotatable bonds is 15. The first kappa shape index (κ1) is 39.8. The summed E-state index contributed by atoms with van der Waals surface area (Å²) in [6, 6.07) is 6.89. The van der Waals surface area contributed by atoms with E-state index in [1.54, 1.807) is 35.9 Å². The van der Waals surface area contributed by atoms with Gasteiger partial charge in [0.05, 0.1) is 36.6 Å². The van der Waals surface area contributed by atoms with Crippen LogP contribution in [0.3, 0.4) is 0 Å². The third kappa shape index (κ3) is 7.46. The number of hydrogen-bond acceptors (Lipinski definition) is 7. The number of carbonyl (C=O) groups is 4. The molecule has 1 unspecified atom stereocenters. The lowest BCUT2D eigenvalue weighted by Gasteiger charge is -2.46. The van der Waals surface area contributed by atoms with Crippen molar-refractivity contribution in [1.82, 2.24) is 14.7 Å². The fraction of sp³-hybridized carbons (Fsp3) is 0.641. The molecular formula is C39H56BrN3O7. The molecule has 0 saturated carbocycles. The molecule has 3 aliphatic rings. The molecule has 0 radical (unpaired) electrons. The molecule has 3 heterocycles. The summed E-state index contributed by atoms with van der Waals surface area (Å²) in [5.41, 5.74) is -1.36. The summed E-state index contributed by atoms with van der Waals surface area (Å²) in [6.07, 6.45) is 3.59. The van der Waals surface area contributed by atoms with Gasteiger partial charge < -0.3 is 29.3 Å². The number of likely N-dealkylation sites (tertiary alicyclic amines) is 1. The lowest BCUT2D eigenvalue weighted by Crippen LogP contribution is -2.62. The van der Waals surface area contributed by atoms with Crippen molar-refractivity contribution in [2.45, 2.75) is 120 Å². The average molecular weight is 759 g/mol. The van der Waals surface area contributed by atoms with Crippen LogP contribution in [0.2, 0.25) is 0 Å². The zero-order chi connectivity index (χ0) is 37.3. The minimum absolute atomic E-state index is 0.109. The van der Waals surface area contributed by atoms with Gasteiger partial charge in [-0.2, -0.15) is 0 Å². The number of aliphatic hydroxyl groups excluding tert-OH is 1. The van der Waals surface area contributed by atoms with Gasteiger partial charge >= 0.3 is 5.97 Å². The van der Waals surface area contributed by atoms with Gasteiger partial charge in [0.15, 0.2) is 0 Å². The van der Waals surface area contributed by atoms with Crippen LogP contribution in [0.4, 0.5) is 0 Å². The van der Waals surface area contributed by atoms with Crippen LogP contribution in [-0.2, 0) is 28.7 Å². The van der Waals surface area contributed by atoms with Crippen molar-refractivity contribution >= 4 is 39.6 Å². The summed E-state index contributed by atoms with van der Waals surface area (Å²) in [6.45, 7) is 21.4. The Balaban J connectivity index is 1.75. The predicted octanol–water partition coefficient (Wildman–Crippen LogP) is 5.44. The molecule has 3 amide bonds. The van der Waals surface area contributed by atoms with E-state index < -0.39 is 65.2 Å². The van der Waals surface area contributed by atoms with Gasteiger partial charge in [0.2, 0.25) is 17.7 Å². The molecule has 3 fully saturated rings. The summed E-state index contributed by atoms with van der Waals surface area (Å²) < 4.78 is 13.1. The zero-order valence-electron chi connectivity index (χ0n) is 30.9. The molecule has 50 heavy (non-hydrogen) atoms. The molecule has 10 nitrogen and oxygen atoms in total. The number of alkyl halides is 1. The second kappa shape index (κ2) is 15.3. The molecular weight excluding hydrogens is 702 g/mol. The molecule has 4 rings (SSSR count). The summed E-state index contributed by atoms with van der Waals surface area (Å²) >= 11 is 3.75. The Bertz CT molecular complexity index is 1440. The number of benzene rings is 1. The highest BCUT2D eigenvalue weighted by Crippen LogP contribution is 2.61. The third-order valence-corrected chi connectivity index (χ3v) is 11.5. The number of likely N-dealkylation sites (N-methyl/N-ethyl adjacent to an activating group) is 1. The van der Waals surface area contributed by atoms with Crippen LogP contribution in [0.15, 0.2) is 55.6 Å². The first-order valence-electron chi connectivity index (χ1n) is 17.7. The normalized spacial score (nSPS) is 27.7. The van der Waals surface area contributed by atoms with Gasteiger partial charge in [0.25, 0.3) is 0 Å². The van der Waals surface area contributed by atoms with E-state index in [0.29, 0.717) is 24.8 Å². The van der Waals surface area contributed by atoms with E-state index in [9.17, 15) is 24.3 Å². The second-order valence-electron chi connectivity index (χ2n) is 16.1. The number of allylic oxidation sites excluding steroid dienone is 1. The zero-order valence-corrected chi connectivity index (χ0v) is 32.5. The molecule has 1 aromatic carbocycles. The Morgan fingerprint density at radius 3 is 2.34 bits per heavy atom.